The van der Waals surface area contributed by atoms with Crippen LogP contribution in [0.5, 0.6) is 0 Å². The maximum absolute atomic E-state index is 12.7. The molecule has 4 heteroatoms. The quantitative estimate of drug-likeness (QED) is 0.947. The molecule has 1 aliphatic heterocycles. The lowest BCUT2D eigenvalue weighted by Crippen LogP contribution is -2.43. The largest absolute Gasteiger partial charge is 0.460 e. The average molecular weight is 300 g/mol. The fraction of sp³-hybridized carbons (Fsp3) is 0.500. The van der Waals surface area contributed by atoms with Crippen LogP contribution in [0, 0.1) is 5.92 Å². The number of furan rings is 1. The molecule has 3 rings (SSSR count). The maximum atomic E-state index is 12.7. The van der Waals surface area contributed by atoms with Gasteiger partial charge in [-0.25, -0.2) is 0 Å². The number of amides is 1. The minimum Gasteiger partial charge on any atom is -0.460 e. The zero-order valence-corrected chi connectivity index (χ0v) is 13.3. The summed E-state index contributed by atoms with van der Waals surface area (Å²) < 4.78 is 5.83. The molecule has 0 aliphatic carbocycles. The number of carbonyl (C=O) groups is 1. The van der Waals surface area contributed by atoms with Gasteiger partial charge in [0, 0.05) is 24.5 Å². The van der Waals surface area contributed by atoms with Gasteiger partial charge < -0.3 is 15.1 Å². The van der Waals surface area contributed by atoms with E-state index in [1.54, 1.807) is 0 Å². The van der Waals surface area contributed by atoms with E-state index in [2.05, 4.69) is 6.92 Å². The SMILES string of the molecule is CC(C(=O)N1CCC(C(C)N)CC1)c1cc2ccccc2o1. The average Bonchev–Trinajstić information content (AvgIpc) is 2.97. The summed E-state index contributed by atoms with van der Waals surface area (Å²) >= 11 is 0. The number of hydrogen-bond donors (Lipinski definition) is 1. The fourth-order valence-electron chi connectivity index (χ4n) is 3.26. The molecule has 1 saturated heterocycles. The van der Waals surface area contributed by atoms with Crippen molar-refractivity contribution >= 4 is 16.9 Å². The van der Waals surface area contributed by atoms with E-state index < -0.39 is 0 Å². The van der Waals surface area contributed by atoms with Crippen LogP contribution in [0.1, 0.15) is 38.4 Å². The molecule has 1 aliphatic rings. The Kier molecular flexibility index (Phi) is 4.21. The Hall–Kier alpha value is -1.81. The maximum Gasteiger partial charge on any atom is 0.233 e. The summed E-state index contributed by atoms with van der Waals surface area (Å²) in [7, 11) is 0. The number of fused-ring (bicyclic) bond motifs is 1. The van der Waals surface area contributed by atoms with Gasteiger partial charge >= 0.3 is 0 Å². The third kappa shape index (κ3) is 2.88. The predicted molar refractivity (Wildman–Crippen MR) is 87.6 cm³/mol. The molecule has 1 fully saturated rings. The summed E-state index contributed by atoms with van der Waals surface area (Å²) in [5, 5.41) is 1.05. The van der Waals surface area contributed by atoms with E-state index in [1.165, 1.54) is 0 Å². The lowest BCUT2D eigenvalue weighted by molar-refractivity contribution is -0.134. The highest BCUT2D eigenvalue weighted by Crippen LogP contribution is 2.28. The number of nitrogens with two attached hydrogens (primary N) is 1. The lowest BCUT2D eigenvalue weighted by Gasteiger charge is -2.34. The molecule has 0 spiro atoms. The normalized spacial score (nSPS) is 19.3. The zero-order valence-electron chi connectivity index (χ0n) is 13.3. The molecule has 2 atom stereocenters. The summed E-state index contributed by atoms with van der Waals surface area (Å²) in [5.74, 6) is 1.20. The molecule has 22 heavy (non-hydrogen) atoms. The molecule has 1 amide bonds. The minimum atomic E-state index is -0.237. The molecule has 0 saturated carbocycles. The molecule has 2 heterocycles. The van der Waals surface area contributed by atoms with Gasteiger partial charge in [-0.3, -0.25) is 4.79 Å². The molecular weight excluding hydrogens is 276 g/mol. The molecule has 1 aromatic heterocycles. The highest BCUT2D eigenvalue weighted by molar-refractivity contribution is 5.85. The molecule has 118 valence electrons. The number of nitrogens with zero attached hydrogens (tertiary/aromatic N) is 1. The van der Waals surface area contributed by atoms with Crippen LogP contribution >= 0.6 is 0 Å². The second kappa shape index (κ2) is 6.13. The monoisotopic (exact) mass is 300 g/mol. The Morgan fingerprint density at radius 3 is 2.59 bits per heavy atom. The van der Waals surface area contributed by atoms with Gasteiger partial charge in [0.05, 0.1) is 5.92 Å². The first-order chi connectivity index (χ1) is 10.6. The number of hydrogen-bond acceptors (Lipinski definition) is 3. The van der Waals surface area contributed by atoms with Gasteiger partial charge in [-0.05, 0) is 44.7 Å². The topological polar surface area (TPSA) is 59.5 Å². The summed E-state index contributed by atoms with van der Waals surface area (Å²) in [6.45, 7) is 5.59. The van der Waals surface area contributed by atoms with Crippen molar-refractivity contribution in [1.29, 1.82) is 0 Å². The number of benzene rings is 1. The summed E-state index contributed by atoms with van der Waals surface area (Å²) in [5.41, 5.74) is 6.80. The van der Waals surface area contributed by atoms with E-state index in [9.17, 15) is 4.79 Å². The number of carbonyl (C=O) groups excluding carboxylic acids is 1. The third-order valence-electron chi connectivity index (χ3n) is 4.84. The van der Waals surface area contributed by atoms with E-state index in [1.807, 2.05) is 42.2 Å². The third-order valence-corrected chi connectivity index (χ3v) is 4.84. The van der Waals surface area contributed by atoms with E-state index in [4.69, 9.17) is 10.2 Å². The van der Waals surface area contributed by atoms with Crippen LogP contribution in [0.3, 0.4) is 0 Å². The Morgan fingerprint density at radius 2 is 1.95 bits per heavy atom. The van der Waals surface area contributed by atoms with E-state index in [0.29, 0.717) is 5.92 Å². The first-order valence-corrected chi connectivity index (χ1v) is 8.09. The van der Waals surface area contributed by atoms with Crippen molar-refractivity contribution in [3.05, 3.63) is 36.1 Å². The zero-order chi connectivity index (χ0) is 15.7. The van der Waals surface area contributed by atoms with Gasteiger partial charge in [-0.1, -0.05) is 18.2 Å². The minimum absolute atomic E-state index is 0.155. The van der Waals surface area contributed by atoms with Crippen LogP contribution in [-0.4, -0.2) is 29.9 Å². The van der Waals surface area contributed by atoms with Crippen molar-refractivity contribution < 1.29 is 9.21 Å². The van der Waals surface area contributed by atoms with Crippen molar-refractivity contribution in [2.45, 2.75) is 38.6 Å². The first kappa shape index (κ1) is 15.1. The van der Waals surface area contributed by atoms with Gasteiger partial charge in [0.25, 0.3) is 0 Å². The van der Waals surface area contributed by atoms with Gasteiger partial charge in [-0.2, -0.15) is 0 Å². The second-order valence-electron chi connectivity index (χ2n) is 6.43. The number of likely N-dealkylation sites (tertiary alicyclic amines) is 1. The first-order valence-electron chi connectivity index (χ1n) is 8.09. The number of rotatable bonds is 3. The van der Waals surface area contributed by atoms with Crippen LogP contribution in [0.25, 0.3) is 11.0 Å². The Balaban J connectivity index is 1.69. The summed E-state index contributed by atoms with van der Waals surface area (Å²) in [6, 6.07) is 10.1. The molecule has 0 bridgehead atoms. The van der Waals surface area contributed by atoms with E-state index in [0.717, 1.165) is 42.7 Å². The van der Waals surface area contributed by atoms with Crippen molar-refractivity contribution in [3.63, 3.8) is 0 Å². The number of para-hydroxylation sites is 1. The highest BCUT2D eigenvalue weighted by atomic mass is 16.3. The van der Waals surface area contributed by atoms with Crippen LogP contribution in [0.4, 0.5) is 0 Å². The van der Waals surface area contributed by atoms with Gasteiger partial charge in [0.15, 0.2) is 0 Å². The Morgan fingerprint density at radius 1 is 1.27 bits per heavy atom. The van der Waals surface area contributed by atoms with E-state index in [-0.39, 0.29) is 17.9 Å². The van der Waals surface area contributed by atoms with Gasteiger partial charge in [0.2, 0.25) is 5.91 Å². The standard InChI is InChI=1S/C18H24N2O2/c1-12(17-11-15-5-3-4-6-16(15)22-17)18(21)20-9-7-14(8-10-20)13(2)19/h3-6,11-14H,7-10,19H2,1-2H3. The molecule has 1 aromatic carbocycles. The number of piperidine rings is 1. The van der Waals surface area contributed by atoms with Crippen LogP contribution in [0.15, 0.2) is 34.7 Å². The molecule has 2 N–H and O–H groups in total. The molecular formula is C18H24N2O2. The van der Waals surface area contributed by atoms with Gasteiger partial charge in [0.1, 0.15) is 11.3 Å². The predicted octanol–water partition coefficient (Wildman–Crippen LogP) is 3.12. The van der Waals surface area contributed by atoms with Crippen molar-refractivity contribution in [3.8, 4) is 0 Å². The van der Waals surface area contributed by atoms with Crippen LogP contribution in [-0.2, 0) is 4.79 Å². The van der Waals surface area contributed by atoms with Crippen molar-refractivity contribution in [2.24, 2.45) is 11.7 Å². The van der Waals surface area contributed by atoms with Crippen LogP contribution in [0.2, 0.25) is 0 Å². The lowest BCUT2D eigenvalue weighted by atomic mass is 9.90. The highest BCUT2D eigenvalue weighted by Gasteiger charge is 2.29. The van der Waals surface area contributed by atoms with Crippen LogP contribution < -0.4 is 5.73 Å². The van der Waals surface area contributed by atoms with Crippen molar-refractivity contribution in [1.82, 2.24) is 4.90 Å². The summed E-state index contributed by atoms with van der Waals surface area (Å²) in [6.07, 6.45) is 1.99. The van der Waals surface area contributed by atoms with Crippen molar-refractivity contribution in [2.75, 3.05) is 13.1 Å². The molecule has 2 aromatic rings. The second-order valence-corrected chi connectivity index (χ2v) is 6.43. The van der Waals surface area contributed by atoms with E-state index >= 15 is 0 Å². The molecule has 0 radical (unpaired) electrons. The smallest absolute Gasteiger partial charge is 0.233 e. The fourth-order valence-corrected chi connectivity index (χ4v) is 3.26. The Bertz CT molecular complexity index is 621. The Labute approximate surface area is 131 Å². The molecule has 2 unspecified atom stereocenters. The van der Waals surface area contributed by atoms with Gasteiger partial charge in [-0.15, -0.1) is 0 Å². The molecule has 4 nitrogen and oxygen atoms in total. The summed E-state index contributed by atoms with van der Waals surface area (Å²) in [4.78, 5) is 14.6.